The molecule has 0 aromatic carbocycles. The Kier molecular flexibility index (Phi) is 3.53. The van der Waals surface area contributed by atoms with Crippen LogP contribution in [0.15, 0.2) is 12.4 Å². The van der Waals surface area contributed by atoms with Gasteiger partial charge in [-0.05, 0) is 0 Å². The summed E-state index contributed by atoms with van der Waals surface area (Å²) in [6.07, 6.45) is 5.44. The van der Waals surface area contributed by atoms with Gasteiger partial charge < -0.3 is 0 Å². The van der Waals surface area contributed by atoms with Crippen LogP contribution in [0.1, 0.15) is 18.7 Å². The molecule has 1 rings (SSSR count). The van der Waals surface area contributed by atoms with Crippen molar-refractivity contribution in [3.8, 4) is 12.1 Å². The molecule has 1 aromatic heterocycles. The highest BCUT2D eigenvalue weighted by molar-refractivity contribution is 4.83. The van der Waals surface area contributed by atoms with Crippen molar-refractivity contribution in [2.45, 2.75) is 25.8 Å². The van der Waals surface area contributed by atoms with E-state index in [0.717, 1.165) is 12.2 Å². The first-order chi connectivity index (χ1) is 6.38. The summed E-state index contributed by atoms with van der Waals surface area (Å²) in [4.78, 5) is 3.05. The summed E-state index contributed by atoms with van der Waals surface area (Å²) >= 11 is 0. The number of H-pyrrole nitrogens is 1. The summed E-state index contributed by atoms with van der Waals surface area (Å²) in [5.74, 6) is 1.01. The van der Waals surface area contributed by atoms with Crippen LogP contribution >= 0.6 is 0 Å². The summed E-state index contributed by atoms with van der Waals surface area (Å²) in [5.41, 5.74) is 0. The minimum atomic E-state index is 0.502. The lowest BCUT2D eigenvalue weighted by molar-refractivity contribution is -0.701. The number of imidazole rings is 1. The summed E-state index contributed by atoms with van der Waals surface area (Å²) in [6.45, 7) is 0.695. The molecule has 4 nitrogen and oxygen atoms in total. The molecule has 0 aliphatic carbocycles. The first-order valence-corrected chi connectivity index (χ1v) is 4.18. The molecule has 1 N–H and O–H groups in total. The third kappa shape index (κ3) is 2.61. The molecule has 1 aromatic rings. The Bertz CT molecular complexity index is 307. The number of aromatic nitrogens is 2. The first-order valence-electron chi connectivity index (χ1n) is 4.18. The van der Waals surface area contributed by atoms with Crippen LogP contribution < -0.4 is 4.57 Å². The molecule has 0 unspecified atom stereocenters. The fraction of sp³-hybridized carbons (Fsp3) is 0.444. The Labute approximate surface area is 77.0 Å². The maximum absolute atomic E-state index is 8.41. The Morgan fingerprint density at radius 2 is 2.08 bits per heavy atom. The molecule has 0 amide bonds. The largest absolute Gasteiger partial charge is 0.255 e. The number of aryl methyl sites for hydroxylation is 2. The minimum absolute atomic E-state index is 0.502. The van der Waals surface area contributed by atoms with E-state index < -0.39 is 0 Å². The van der Waals surface area contributed by atoms with Crippen molar-refractivity contribution >= 4 is 0 Å². The predicted octanol–water partition coefficient (Wildman–Crippen LogP) is 0.672. The normalized spacial score (nSPS) is 9.08. The first kappa shape index (κ1) is 9.28. The van der Waals surface area contributed by atoms with Gasteiger partial charge in [-0.3, -0.25) is 0 Å². The molecule has 0 saturated heterocycles. The van der Waals surface area contributed by atoms with Crippen LogP contribution in [-0.2, 0) is 13.0 Å². The van der Waals surface area contributed by atoms with Gasteiger partial charge in [0.1, 0.15) is 18.9 Å². The molecule has 0 saturated carbocycles. The number of nitrogens with zero attached hydrogens (tertiary/aromatic N) is 3. The third-order valence-electron chi connectivity index (χ3n) is 1.79. The van der Waals surface area contributed by atoms with Gasteiger partial charge in [-0.2, -0.15) is 10.5 Å². The summed E-state index contributed by atoms with van der Waals surface area (Å²) in [5, 5.41) is 16.8. The molecular formula is C9H11N4+. The van der Waals surface area contributed by atoms with Gasteiger partial charge in [0, 0.05) is 6.42 Å². The molecule has 0 spiro atoms. The van der Waals surface area contributed by atoms with E-state index in [9.17, 15) is 0 Å². The van der Waals surface area contributed by atoms with Crippen LogP contribution in [0.25, 0.3) is 0 Å². The molecule has 0 aliphatic rings. The monoisotopic (exact) mass is 175 g/mol. The Morgan fingerprint density at radius 1 is 1.31 bits per heavy atom. The SMILES string of the molecule is N#CCCc1[nH]cc[n+]1CCC#N. The fourth-order valence-electron chi connectivity index (χ4n) is 1.17. The fourth-order valence-corrected chi connectivity index (χ4v) is 1.17. The maximum Gasteiger partial charge on any atom is 0.255 e. The lowest BCUT2D eigenvalue weighted by Gasteiger charge is -1.94. The highest BCUT2D eigenvalue weighted by atomic mass is 15.1. The van der Waals surface area contributed by atoms with E-state index in [0.29, 0.717) is 19.4 Å². The number of hydrogen-bond acceptors (Lipinski definition) is 2. The zero-order valence-corrected chi connectivity index (χ0v) is 7.32. The predicted molar refractivity (Wildman–Crippen MR) is 45.2 cm³/mol. The Morgan fingerprint density at radius 3 is 2.77 bits per heavy atom. The van der Waals surface area contributed by atoms with Gasteiger partial charge in [0.2, 0.25) is 0 Å². The zero-order valence-electron chi connectivity index (χ0n) is 7.32. The second-order valence-electron chi connectivity index (χ2n) is 2.67. The van der Waals surface area contributed by atoms with E-state index >= 15 is 0 Å². The lowest BCUT2D eigenvalue weighted by Crippen LogP contribution is -2.35. The summed E-state index contributed by atoms with van der Waals surface area (Å²) in [7, 11) is 0. The van der Waals surface area contributed by atoms with E-state index in [1.807, 2.05) is 17.0 Å². The molecule has 4 heteroatoms. The van der Waals surface area contributed by atoms with Gasteiger partial charge in [0.15, 0.2) is 0 Å². The average Bonchev–Trinajstić information content (AvgIpc) is 2.59. The zero-order chi connectivity index (χ0) is 9.52. The average molecular weight is 175 g/mol. The van der Waals surface area contributed by atoms with Crippen molar-refractivity contribution < 1.29 is 4.57 Å². The molecule has 66 valence electrons. The Hall–Kier alpha value is -1.81. The third-order valence-corrected chi connectivity index (χ3v) is 1.79. The lowest BCUT2D eigenvalue weighted by atomic mass is 10.3. The van der Waals surface area contributed by atoms with Crippen molar-refractivity contribution in [2.75, 3.05) is 0 Å². The van der Waals surface area contributed by atoms with Gasteiger partial charge in [-0.1, -0.05) is 0 Å². The molecule has 13 heavy (non-hydrogen) atoms. The van der Waals surface area contributed by atoms with E-state index in [1.54, 1.807) is 0 Å². The van der Waals surface area contributed by atoms with Crippen molar-refractivity contribution in [2.24, 2.45) is 0 Å². The van der Waals surface area contributed by atoms with E-state index in [4.69, 9.17) is 10.5 Å². The number of aromatic amines is 1. The number of nitrogens with one attached hydrogen (secondary N) is 1. The van der Waals surface area contributed by atoms with E-state index in [1.165, 1.54) is 0 Å². The minimum Gasteiger partial charge on any atom is -0.248 e. The summed E-state index contributed by atoms with van der Waals surface area (Å²) in [6, 6.07) is 4.18. The van der Waals surface area contributed by atoms with Crippen molar-refractivity contribution in [1.82, 2.24) is 4.98 Å². The van der Waals surface area contributed by atoms with Crippen molar-refractivity contribution in [1.29, 1.82) is 10.5 Å². The molecule has 0 atom stereocenters. The van der Waals surface area contributed by atoms with Crippen LogP contribution in [0.5, 0.6) is 0 Å². The van der Waals surface area contributed by atoms with Crippen LogP contribution in [0.2, 0.25) is 0 Å². The van der Waals surface area contributed by atoms with E-state index in [2.05, 4.69) is 17.1 Å². The van der Waals surface area contributed by atoms with E-state index in [-0.39, 0.29) is 0 Å². The van der Waals surface area contributed by atoms with Gasteiger partial charge in [0.25, 0.3) is 5.82 Å². The number of rotatable bonds is 4. The molecular weight excluding hydrogens is 164 g/mol. The highest BCUT2D eigenvalue weighted by Crippen LogP contribution is 1.92. The smallest absolute Gasteiger partial charge is 0.248 e. The van der Waals surface area contributed by atoms with Crippen molar-refractivity contribution in [3.05, 3.63) is 18.2 Å². The maximum atomic E-state index is 8.41. The van der Waals surface area contributed by atoms with Crippen LogP contribution in [-0.4, -0.2) is 4.98 Å². The van der Waals surface area contributed by atoms with Crippen LogP contribution in [0.3, 0.4) is 0 Å². The van der Waals surface area contributed by atoms with Gasteiger partial charge >= 0.3 is 0 Å². The standard InChI is InChI=1S/C9H10N4/c10-4-1-3-9-12-6-8-13(9)7-2-5-11/h6,8H,1-3,7H2/p+1. The molecule has 0 aliphatic heterocycles. The molecule has 0 fully saturated rings. The number of nitriles is 2. The quantitative estimate of drug-likeness (QED) is 0.683. The second-order valence-corrected chi connectivity index (χ2v) is 2.67. The molecule has 1 heterocycles. The summed E-state index contributed by atoms with van der Waals surface area (Å²) < 4.78 is 1.97. The highest BCUT2D eigenvalue weighted by Gasteiger charge is 2.08. The van der Waals surface area contributed by atoms with Gasteiger partial charge in [-0.25, -0.2) is 9.55 Å². The van der Waals surface area contributed by atoms with Crippen LogP contribution in [0.4, 0.5) is 0 Å². The number of hydrogen-bond donors (Lipinski definition) is 1. The van der Waals surface area contributed by atoms with Gasteiger partial charge in [-0.15, -0.1) is 0 Å². The molecule has 0 radical (unpaired) electrons. The van der Waals surface area contributed by atoms with Crippen molar-refractivity contribution in [3.63, 3.8) is 0 Å². The van der Waals surface area contributed by atoms with Gasteiger partial charge in [0.05, 0.1) is 25.0 Å². The molecule has 0 bridgehead atoms. The Balaban J connectivity index is 2.57. The topological polar surface area (TPSA) is 67.2 Å². The van der Waals surface area contributed by atoms with Crippen LogP contribution in [0, 0.1) is 22.7 Å². The second kappa shape index (κ2) is 4.95.